The van der Waals surface area contributed by atoms with Crippen molar-refractivity contribution in [1.82, 2.24) is 0 Å². The lowest BCUT2D eigenvalue weighted by atomic mass is 10.1. The summed E-state index contributed by atoms with van der Waals surface area (Å²) in [5, 5.41) is 8.32. The molecule has 0 radical (unpaired) electrons. The first-order valence-electron chi connectivity index (χ1n) is 3.32. The SMILES string of the molecule is Cc1cc(F)c(C(=O)O)c(F)c1F. The summed E-state index contributed by atoms with van der Waals surface area (Å²) in [6.07, 6.45) is 0. The number of hydrogen-bond acceptors (Lipinski definition) is 1. The van der Waals surface area contributed by atoms with E-state index in [0.717, 1.165) is 6.92 Å². The average molecular weight is 190 g/mol. The lowest BCUT2D eigenvalue weighted by Gasteiger charge is -2.02. The molecule has 0 bridgehead atoms. The van der Waals surface area contributed by atoms with Gasteiger partial charge in [0.05, 0.1) is 0 Å². The first-order chi connectivity index (χ1) is 5.95. The van der Waals surface area contributed by atoms with E-state index in [1.807, 2.05) is 0 Å². The van der Waals surface area contributed by atoms with Crippen LogP contribution in [-0.4, -0.2) is 11.1 Å². The van der Waals surface area contributed by atoms with Gasteiger partial charge in [-0.15, -0.1) is 0 Å². The van der Waals surface area contributed by atoms with Crippen LogP contribution in [0.15, 0.2) is 6.07 Å². The number of carboxylic acid groups (broad SMARTS) is 1. The van der Waals surface area contributed by atoms with Crippen molar-refractivity contribution in [3.05, 3.63) is 34.6 Å². The zero-order valence-electron chi connectivity index (χ0n) is 6.57. The van der Waals surface area contributed by atoms with Crippen molar-refractivity contribution in [3.8, 4) is 0 Å². The van der Waals surface area contributed by atoms with Crippen LogP contribution >= 0.6 is 0 Å². The molecule has 2 nitrogen and oxygen atoms in total. The van der Waals surface area contributed by atoms with Gasteiger partial charge in [-0.1, -0.05) is 0 Å². The maximum absolute atomic E-state index is 12.8. The molecule has 0 aliphatic rings. The molecule has 0 saturated heterocycles. The van der Waals surface area contributed by atoms with Gasteiger partial charge in [0.15, 0.2) is 11.6 Å². The number of aryl methyl sites for hydroxylation is 1. The third-order valence-corrected chi connectivity index (χ3v) is 1.55. The average Bonchev–Trinajstić information content (AvgIpc) is 1.99. The largest absolute Gasteiger partial charge is 0.477 e. The van der Waals surface area contributed by atoms with Gasteiger partial charge < -0.3 is 5.11 Å². The van der Waals surface area contributed by atoms with Crippen LogP contribution in [-0.2, 0) is 0 Å². The third kappa shape index (κ3) is 1.49. The summed E-state index contributed by atoms with van der Waals surface area (Å²) in [4.78, 5) is 10.3. The van der Waals surface area contributed by atoms with Gasteiger partial charge in [-0.25, -0.2) is 18.0 Å². The Labute approximate surface area is 71.6 Å². The van der Waals surface area contributed by atoms with Gasteiger partial charge in [0.25, 0.3) is 0 Å². The number of rotatable bonds is 1. The lowest BCUT2D eigenvalue weighted by Crippen LogP contribution is -2.07. The third-order valence-electron chi connectivity index (χ3n) is 1.55. The Morgan fingerprint density at radius 1 is 1.31 bits per heavy atom. The van der Waals surface area contributed by atoms with Gasteiger partial charge in [-0.2, -0.15) is 0 Å². The monoisotopic (exact) mass is 190 g/mol. The number of hydrogen-bond donors (Lipinski definition) is 1. The smallest absolute Gasteiger partial charge is 0.341 e. The minimum atomic E-state index is -1.83. The van der Waals surface area contributed by atoms with Gasteiger partial charge >= 0.3 is 5.97 Å². The van der Waals surface area contributed by atoms with Crippen LogP contribution < -0.4 is 0 Å². The molecule has 1 aromatic rings. The van der Waals surface area contributed by atoms with Crippen molar-refractivity contribution in [3.63, 3.8) is 0 Å². The zero-order valence-corrected chi connectivity index (χ0v) is 6.57. The van der Waals surface area contributed by atoms with Crippen LogP contribution in [0.4, 0.5) is 13.2 Å². The Balaban J connectivity index is 3.53. The van der Waals surface area contributed by atoms with E-state index in [9.17, 15) is 18.0 Å². The second kappa shape index (κ2) is 3.08. The molecular weight excluding hydrogens is 185 g/mol. The van der Waals surface area contributed by atoms with E-state index in [0.29, 0.717) is 6.07 Å². The van der Waals surface area contributed by atoms with Gasteiger partial charge in [0.2, 0.25) is 0 Å². The quantitative estimate of drug-likeness (QED) is 0.688. The van der Waals surface area contributed by atoms with Crippen LogP contribution in [0.25, 0.3) is 0 Å². The van der Waals surface area contributed by atoms with Gasteiger partial charge in [0, 0.05) is 0 Å². The highest BCUT2D eigenvalue weighted by molar-refractivity contribution is 5.88. The van der Waals surface area contributed by atoms with Gasteiger partial charge in [-0.3, -0.25) is 0 Å². The highest BCUT2D eigenvalue weighted by Crippen LogP contribution is 2.19. The van der Waals surface area contributed by atoms with Crippen molar-refractivity contribution in [2.45, 2.75) is 6.92 Å². The molecule has 70 valence electrons. The van der Waals surface area contributed by atoms with E-state index in [1.165, 1.54) is 0 Å². The van der Waals surface area contributed by atoms with Crippen molar-refractivity contribution in [1.29, 1.82) is 0 Å². The molecule has 0 unspecified atom stereocenters. The number of halogens is 3. The highest BCUT2D eigenvalue weighted by atomic mass is 19.2. The number of benzene rings is 1. The second-order valence-electron chi connectivity index (χ2n) is 2.48. The predicted octanol–water partition coefficient (Wildman–Crippen LogP) is 2.11. The molecular formula is C8H5F3O2. The summed E-state index contributed by atoms with van der Waals surface area (Å²) >= 11 is 0. The molecule has 0 atom stereocenters. The summed E-state index contributed by atoms with van der Waals surface area (Å²) in [7, 11) is 0. The summed E-state index contributed by atoms with van der Waals surface area (Å²) in [5.74, 6) is -6.10. The Hall–Kier alpha value is -1.52. The summed E-state index contributed by atoms with van der Waals surface area (Å²) < 4.78 is 38.3. The minimum Gasteiger partial charge on any atom is -0.477 e. The number of carboxylic acids is 1. The van der Waals surface area contributed by atoms with Crippen molar-refractivity contribution in [2.75, 3.05) is 0 Å². The molecule has 0 amide bonds. The Kier molecular flexibility index (Phi) is 2.27. The standard InChI is InChI=1S/C8H5F3O2/c1-3-2-4(9)5(8(12)13)7(11)6(3)10/h2H,1H3,(H,12,13). The molecule has 0 aromatic heterocycles. The first-order valence-corrected chi connectivity index (χ1v) is 3.32. The van der Waals surface area contributed by atoms with Crippen molar-refractivity contribution < 1.29 is 23.1 Å². The Morgan fingerprint density at radius 3 is 2.31 bits per heavy atom. The minimum absolute atomic E-state index is 0.264. The van der Waals surface area contributed by atoms with E-state index >= 15 is 0 Å². The summed E-state index contributed by atoms with van der Waals surface area (Å²) in [6.45, 7) is 1.15. The maximum atomic E-state index is 12.8. The fourth-order valence-electron chi connectivity index (χ4n) is 0.909. The molecule has 0 heterocycles. The lowest BCUT2D eigenvalue weighted by molar-refractivity contribution is 0.0685. The molecule has 1 N–H and O–H groups in total. The van der Waals surface area contributed by atoms with E-state index in [-0.39, 0.29) is 5.56 Å². The van der Waals surface area contributed by atoms with Crippen LogP contribution in [0.5, 0.6) is 0 Å². The van der Waals surface area contributed by atoms with E-state index in [1.54, 1.807) is 0 Å². The molecule has 1 rings (SSSR count). The predicted molar refractivity (Wildman–Crippen MR) is 38.0 cm³/mol. The van der Waals surface area contributed by atoms with Crippen molar-refractivity contribution in [2.24, 2.45) is 0 Å². The molecule has 5 heteroatoms. The van der Waals surface area contributed by atoms with Gasteiger partial charge in [0.1, 0.15) is 11.4 Å². The van der Waals surface area contributed by atoms with Crippen LogP contribution in [0.1, 0.15) is 15.9 Å². The summed E-state index contributed by atoms with van der Waals surface area (Å²) in [6, 6.07) is 0.641. The molecule has 0 spiro atoms. The van der Waals surface area contributed by atoms with E-state index < -0.39 is 29.0 Å². The molecule has 0 aliphatic heterocycles. The highest BCUT2D eigenvalue weighted by Gasteiger charge is 2.21. The zero-order chi connectivity index (χ0) is 10.2. The van der Waals surface area contributed by atoms with Crippen molar-refractivity contribution >= 4 is 5.97 Å². The van der Waals surface area contributed by atoms with Gasteiger partial charge in [-0.05, 0) is 18.6 Å². The Bertz CT molecular complexity index is 374. The van der Waals surface area contributed by atoms with Crippen LogP contribution in [0.2, 0.25) is 0 Å². The second-order valence-corrected chi connectivity index (χ2v) is 2.48. The molecule has 13 heavy (non-hydrogen) atoms. The first kappa shape index (κ1) is 9.57. The van der Waals surface area contributed by atoms with E-state index in [2.05, 4.69) is 0 Å². The molecule has 0 aliphatic carbocycles. The van der Waals surface area contributed by atoms with Crippen LogP contribution in [0, 0.1) is 24.4 Å². The number of carbonyl (C=O) groups is 1. The van der Waals surface area contributed by atoms with Crippen LogP contribution in [0.3, 0.4) is 0 Å². The summed E-state index contributed by atoms with van der Waals surface area (Å²) in [5.41, 5.74) is -1.52. The molecule has 0 saturated carbocycles. The normalized spacial score (nSPS) is 10.2. The van der Waals surface area contributed by atoms with E-state index in [4.69, 9.17) is 5.11 Å². The fraction of sp³-hybridized carbons (Fsp3) is 0.125. The molecule has 0 fully saturated rings. The Morgan fingerprint density at radius 2 is 1.85 bits per heavy atom. The number of aromatic carboxylic acids is 1. The topological polar surface area (TPSA) is 37.3 Å². The molecule has 1 aromatic carbocycles. The fourth-order valence-corrected chi connectivity index (χ4v) is 0.909. The maximum Gasteiger partial charge on any atom is 0.341 e.